The molecular weight excluding hydrogens is 434 g/mol. The van der Waals surface area contributed by atoms with Crippen LogP contribution in [-0.2, 0) is 9.63 Å². The molecule has 31 heavy (non-hydrogen) atoms. The van der Waals surface area contributed by atoms with Crippen LogP contribution in [0.1, 0.15) is 51.9 Å². The van der Waals surface area contributed by atoms with Crippen molar-refractivity contribution >= 4 is 35.4 Å². The van der Waals surface area contributed by atoms with Gasteiger partial charge in [0.1, 0.15) is 11.9 Å². The normalized spacial score (nSPS) is 23.2. The van der Waals surface area contributed by atoms with Gasteiger partial charge in [0.05, 0.1) is 5.76 Å². The third-order valence-electron chi connectivity index (χ3n) is 5.82. The predicted octanol–water partition coefficient (Wildman–Crippen LogP) is 6.21. The molecule has 1 aliphatic carbocycles. The summed E-state index contributed by atoms with van der Waals surface area (Å²) in [4.78, 5) is 17.9. The third-order valence-corrected chi connectivity index (χ3v) is 7.31. The largest absolute Gasteiger partial charge is 0.512 e. The van der Waals surface area contributed by atoms with Crippen LogP contribution in [0.15, 0.2) is 40.8 Å². The Kier molecular flexibility index (Phi) is 9.59. The molecule has 170 valence electrons. The highest BCUT2D eigenvalue weighted by Crippen LogP contribution is 2.38. The number of ether oxygens (including phenoxy) is 1. The van der Waals surface area contributed by atoms with Crippen molar-refractivity contribution in [2.45, 2.75) is 58.0 Å². The van der Waals surface area contributed by atoms with Gasteiger partial charge in [-0.3, -0.25) is 4.79 Å². The van der Waals surface area contributed by atoms with Crippen LogP contribution in [0.5, 0.6) is 5.75 Å². The molecule has 2 aliphatic rings. The van der Waals surface area contributed by atoms with E-state index >= 15 is 0 Å². The van der Waals surface area contributed by atoms with Gasteiger partial charge in [-0.25, -0.2) is 0 Å². The minimum absolute atomic E-state index is 0.130. The summed E-state index contributed by atoms with van der Waals surface area (Å²) in [5.74, 6) is 4.42. The molecule has 0 aromatic heterocycles. The van der Waals surface area contributed by atoms with E-state index in [4.69, 9.17) is 21.2 Å². The SMILES string of the molecule is CC(CON=CCCCC1=C(O)CC(C2CCCSC2)CC1=O)Oc1ccc(Cl)cc1. The number of benzene rings is 1. The first-order valence-electron chi connectivity index (χ1n) is 11.1. The van der Waals surface area contributed by atoms with Crippen LogP contribution < -0.4 is 4.74 Å². The van der Waals surface area contributed by atoms with E-state index in [1.54, 1.807) is 18.3 Å². The molecule has 7 heteroatoms. The van der Waals surface area contributed by atoms with Crippen molar-refractivity contribution < 1.29 is 19.5 Å². The first kappa shape index (κ1) is 24.0. The Labute approximate surface area is 194 Å². The standard InChI is InChI=1S/C24H32ClNO4S/c1-17(30-21-9-7-20(25)8-10-21)15-29-26-11-3-2-6-22-23(27)13-19(14-24(22)28)18-5-4-12-31-16-18/h7-11,17-19,27H,2-6,12-16H2,1H3. The lowest BCUT2D eigenvalue weighted by atomic mass is 9.77. The maximum atomic E-state index is 12.6. The van der Waals surface area contributed by atoms with Crippen LogP contribution in [0.4, 0.5) is 0 Å². The van der Waals surface area contributed by atoms with Crippen LogP contribution in [0.25, 0.3) is 0 Å². The van der Waals surface area contributed by atoms with Crippen LogP contribution in [0.2, 0.25) is 5.02 Å². The van der Waals surface area contributed by atoms with Crippen molar-refractivity contribution in [1.29, 1.82) is 0 Å². The van der Waals surface area contributed by atoms with E-state index in [-0.39, 0.29) is 11.9 Å². The molecule has 3 atom stereocenters. The molecule has 0 radical (unpaired) electrons. The zero-order valence-electron chi connectivity index (χ0n) is 18.1. The number of aliphatic hydroxyl groups is 1. The van der Waals surface area contributed by atoms with Crippen LogP contribution >= 0.6 is 23.4 Å². The molecule has 1 heterocycles. The number of thioether (sulfide) groups is 1. The second kappa shape index (κ2) is 12.4. The summed E-state index contributed by atoms with van der Waals surface area (Å²) in [6.07, 6.45) is 7.29. The molecule has 1 aromatic carbocycles. The molecule has 1 aromatic rings. The summed E-state index contributed by atoms with van der Waals surface area (Å²) in [6.45, 7) is 2.25. The summed E-state index contributed by atoms with van der Waals surface area (Å²) in [6, 6.07) is 7.19. The molecule has 1 aliphatic heterocycles. The summed E-state index contributed by atoms with van der Waals surface area (Å²) >= 11 is 7.84. The van der Waals surface area contributed by atoms with Crippen molar-refractivity contribution in [2.75, 3.05) is 18.1 Å². The Morgan fingerprint density at radius 2 is 2.10 bits per heavy atom. The van der Waals surface area contributed by atoms with E-state index < -0.39 is 0 Å². The molecule has 3 unspecified atom stereocenters. The number of carbonyl (C=O) groups excluding carboxylic acids is 1. The minimum atomic E-state index is -0.143. The van der Waals surface area contributed by atoms with Crippen LogP contribution in [-0.4, -0.2) is 41.3 Å². The van der Waals surface area contributed by atoms with Crippen molar-refractivity contribution in [1.82, 2.24) is 0 Å². The molecule has 0 spiro atoms. The van der Waals surface area contributed by atoms with Gasteiger partial charge in [0.2, 0.25) is 0 Å². The molecule has 0 bridgehead atoms. The number of oxime groups is 1. The Hall–Kier alpha value is -1.66. The lowest BCUT2D eigenvalue weighted by Crippen LogP contribution is -2.28. The number of allylic oxidation sites excluding steroid dienone is 2. The summed E-state index contributed by atoms with van der Waals surface area (Å²) in [5.41, 5.74) is 0.624. The number of unbranched alkanes of at least 4 members (excludes halogenated alkanes) is 1. The smallest absolute Gasteiger partial charge is 0.162 e. The Bertz CT molecular complexity index is 774. The second-order valence-corrected chi connectivity index (χ2v) is 9.94. The number of carbonyl (C=O) groups is 1. The predicted molar refractivity (Wildman–Crippen MR) is 127 cm³/mol. The molecule has 1 N–H and O–H groups in total. The second-order valence-electron chi connectivity index (χ2n) is 8.35. The van der Waals surface area contributed by atoms with Crippen molar-refractivity contribution in [3.63, 3.8) is 0 Å². The lowest BCUT2D eigenvalue weighted by molar-refractivity contribution is -0.118. The Morgan fingerprint density at radius 3 is 2.81 bits per heavy atom. The molecular formula is C24H32ClNO4S. The number of ketones is 1. The van der Waals surface area contributed by atoms with E-state index in [1.807, 2.05) is 30.8 Å². The van der Waals surface area contributed by atoms with Gasteiger partial charge in [0.15, 0.2) is 12.4 Å². The quantitative estimate of drug-likeness (QED) is 0.252. The van der Waals surface area contributed by atoms with Gasteiger partial charge in [-0.1, -0.05) is 16.8 Å². The average molecular weight is 466 g/mol. The maximum absolute atomic E-state index is 12.6. The van der Waals surface area contributed by atoms with E-state index in [0.717, 1.165) is 17.9 Å². The van der Waals surface area contributed by atoms with Gasteiger partial charge in [0.25, 0.3) is 0 Å². The first-order chi connectivity index (χ1) is 15.0. The topological polar surface area (TPSA) is 68.1 Å². The van der Waals surface area contributed by atoms with E-state index in [1.165, 1.54) is 18.6 Å². The first-order valence-corrected chi connectivity index (χ1v) is 12.6. The van der Waals surface area contributed by atoms with Crippen LogP contribution in [0.3, 0.4) is 0 Å². The van der Waals surface area contributed by atoms with Gasteiger partial charge in [-0.05, 0) is 86.6 Å². The van der Waals surface area contributed by atoms with Crippen molar-refractivity contribution in [3.05, 3.63) is 40.6 Å². The molecule has 1 fully saturated rings. The summed E-state index contributed by atoms with van der Waals surface area (Å²) in [7, 11) is 0. The maximum Gasteiger partial charge on any atom is 0.162 e. The number of aliphatic hydroxyl groups excluding tert-OH is 1. The highest BCUT2D eigenvalue weighted by molar-refractivity contribution is 7.99. The van der Waals surface area contributed by atoms with Crippen molar-refractivity contribution in [3.8, 4) is 5.75 Å². The fourth-order valence-corrected chi connectivity index (χ4v) is 5.53. The van der Waals surface area contributed by atoms with Gasteiger partial charge in [-0.15, -0.1) is 0 Å². The van der Waals surface area contributed by atoms with E-state index in [2.05, 4.69) is 5.16 Å². The number of hydrogen-bond donors (Lipinski definition) is 1. The van der Waals surface area contributed by atoms with Gasteiger partial charge < -0.3 is 14.7 Å². The summed E-state index contributed by atoms with van der Waals surface area (Å²) < 4.78 is 5.72. The fraction of sp³-hybridized carbons (Fsp3) is 0.583. The fourth-order valence-electron chi connectivity index (χ4n) is 4.12. The Morgan fingerprint density at radius 1 is 1.29 bits per heavy atom. The highest BCUT2D eigenvalue weighted by Gasteiger charge is 2.32. The summed E-state index contributed by atoms with van der Waals surface area (Å²) in [5, 5.41) is 15.1. The van der Waals surface area contributed by atoms with E-state index in [9.17, 15) is 9.90 Å². The monoisotopic (exact) mass is 465 g/mol. The molecule has 0 saturated carbocycles. The molecule has 0 amide bonds. The third kappa shape index (κ3) is 7.76. The highest BCUT2D eigenvalue weighted by atomic mass is 35.5. The zero-order chi connectivity index (χ0) is 22.1. The van der Waals surface area contributed by atoms with Gasteiger partial charge >= 0.3 is 0 Å². The number of Topliss-reactive ketones (excluding diaryl/α,β-unsaturated/α-hetero) is 1. The lowest BCUT2D eigenvalue weighted by Gasteiger charge is -2.32. The average Bonchev–Trinajstić information content (AvgIpc) is 2.76. The number of hydrogen-bond acceptors (Lipinski definition) is 6. The molecule has 3 rings (SSSR count). The number of rotatable bonds is 10. The Balaban J connectivity index is 1.32. The molecule has 1 saturated heterocycles. The van der Waals surface area contributed by atoms with Gasteiger partial charge in [0, 0.05) is 29.7 Å². The number of nitrogens with zero attached hydrogens (tertiary/aromatic N) is 1. The minimum Gasteiger partial charge on any atom is -0.512 e. The van der Waals surface area contributed by atoms with Gasteiger partial charge in [-0.2, -0.15) is 11.8 Å². The van der Waals surface area contributed by atoms with Crippen molar-refractivity contribution in [2.24, 2.45) is 17.0 Å². The molecule has 5 nitrogen and oxygen atoms in total. The van der Waals surface area contributed by atoms with Crippen LogP contribution in [0, 0.1) is 11.8 Å². The zero-order valence-corrected chi connectivity index (χ0v) is 19.7. The number of halogens is 1. The van der Waals surface area contributed by atoms with E-state index in [0.29, 0.717) is 60.5 Å².